The van der Waals surface area contributed by atoms with E-state index in [-0.39, 0.29) is 6.61 Å². The first kappa shape index (κ1) is 11.3. The van der Waals surface area contributed by atoms with E-state index in [4.69, 9.17) is 5.11 Å². The highest BCUT2D eigenvalue weighted by Gasteiger charge is 2.34. The first-order valence-corrected chi connectivity index (χ1v) is 5.61. The molecule has 0 saturated carbocycles. The van der Waals surface area contributed by atoms with E-state index in [9.17, 15) is 4.39 Å². The summed E-state index contributed by atoms with van der Waals surface area (Å²) in [4.78, 5) is 6.40. The van der Waals surface area contributed by atoms with Gasteiger partial charge in [0.2, 0.25) is 0 Å². The van der Waals surface area contributed by atoms with Crippen LogP contribution >= 0.6 is 0 Å². The van der Waals surface area contributed by atoms with Crippen molar-refractivity contribution in [3.8, 4) is 0 Å². The summed E-state index contributed by atoms with van der Waals surface area (Å²) in [7, 11) is 0. The van der Waals surface area contributed by atoms with Crippen molar-refractivity contribution in [2.75, 3.05) is 24.6 Å². The average molecular weight is 224 g/mol. The number of pyridine rings is 1. The lowest BCUT2D eigenvalue weighted by Gasteiger charge is -2.36. The number of hydrogen-bond acceptors (Lipinski definition) is 3. The molecule has 1 aliphatic heterocycles. The maximum atomic E-state index is 13.8. The second-order valence-electron chi connectivity index (χ2n) is 4.44. The molecular formula is C12H17FN2O. The van der Waals surface area contributed by atoms with Gasteiger partial charge in [-0.05, 0) is 18.6 Å². The minimum atomic E-state index is -1.39. The second kappa shape index (κ2) is 4.37. The smallest absolute Gasteiger partial charge is 0.137 e. The van der Waals surface area contributed by atoms with Crippen molar-refractivity contribution in [3.05, 3.63) is 23.9 Å². The molecule has 0 atom stereocenters. The van der Waals surface area contributed by atoms with Gasteiger partial charge in [-0.3, -0.25) is 0 Å². The third-order valence-electron chi connectivity index (χ3n) is 3.22. The van der Waals surface area contributed by atoms with E-state index < -0.39 is 5.67 Å². The zero-order valence-corrected chi connectivity index (χ0v) is 9.49. The van der Waals surface area contributed by atoms with Crippen LogP contribution in [0.2, 0.25) is 0 Å². The van der Waals surface area contributed by atoms with Crippen LogP contribution in [0, 0.1) is 6.92 Å². The lowest BCUT2D eigenvalue weighted by Crippen LogP contribution is -2.44. The number of rotatable bonds is 2. The maximum absolute atomic E-state index is 13.8. The molecule has 88 valence electrons. The fourth-order valence-corrected chi connectivity index (χ4v) is 2.09. The molecule has 0 spiro atoms. The summed E-state index contributed by atoms with van der Waals surface area (Å²) >= 11 is 0. The van der Waals surface area contributed by atoms with Crippen molar-refractivity contribution < 1.29 is 9.50 Å². The number of aryl methyl sites for hydroxylation is 1. The Morgan fingerprint density at radius 3 is 2.75 bits per heavy atom. The number of hydrogen-bond donors (Lipinski definition) is 1. The van der Waals surface area contributed by atoms with Gasteiger partial charge in [-0.25, -0.2) is 9.37 Å². The largest absolute Gasteiger partial charge is 0.393 e. The SMILES string of the molecule is Cc1cccnc1N1CCC(F)(CO)CC1. The minimum absolute atomic E-state index is 0.373. The van der Waals surface area contributed by atoms with Gasteiger partial charge in [-0.15, -0.1) is 0 Å². The van der Waals surface area contributed by atoms with Gasteiger partial charge >= 0.3 is 0 Å². The van der Waals surface area contributed by atoms with E-state index in [0.29, 0.717) is 25.9 Å². The maximum Gasteiger partial charge on any atom is 0.137 e. The van der Waals surface area contributed by atoms with Gasteiger partial charge in [-0.2, -0.15) is 0 Å². The van der Waals surface area contributed by atoms with Crippen LogP contribution in [0.15, 0.2) is 18.3 Å². The van der Waals surface area contributed by atoms with Crippen molar-refractivity contribution in [1.82, 2.24) is 4.98 Å². The molecular weight excluding hydrogens is 207 g/mol. The Bertz CT molecular complexity index is 362. The average Bonchev–Trinajstić information content (AvgIpc) is 2.31. The zero-order chi connectivity index (χ0) is 11.6. The van der Waals surface area contributed by atoms with Crippen LogP contribution in [0.25, 0.3) is 0 Å². The van der Waals surface area contributed by atoms with Crippen molar-refractivity contribution in [1.29, 1.82) is 0 Å². The Morgan fingerprint density at radius 2 is 2.19 bits per heavy atom. The normalized spacial score (nSPS) is 19.8. The molecule has 0 radical (unpaired) electrons. The van der Waals surface area contributed by atoms with E-state index in [1.807, 2.05) is 19.1 Å². The van der Waals surface area contributed by atoms with Crippen LogP contribution in [-0.2, 0) is 0 Å². The Balaban J connectivity index is 2.07. The van der Waals surface area contributed by atoms with Crippen molar-refractivity contribution in [3.63, 3.8) is 0 Å². The molecule has 1 saturated heterocycles. The summed E-state index contributed by atoms with van der Waals surface area (Å²) in [5, 5.41) is 8.95. The van der Waals surface area contributed by atoms with Gasteiger partial charge in [-0.1, -0.05) is 6.07 Å². The summed E-state index contributed by atoms with van der Waals surface area (Å²) in [5.41, 5.74) is -0.281. The highest BCUT2D eigenvalue weighted by molar-refractivity contribution is 5.46. The quantitative estimate of drug-likeness (QED) is 0.830. The van der Waals surface area contributed by atoms with Crippen LogP contribution in [0.4, 0.5) is 10.2 Å². The fourth-order valence-electron chi connectivity index (χ4n) is 2.09. The van der Waals surface area contributed by atoms with E-state index in [1.54, 1.807) is 6.20 Å². The molecule has 1 fully saturated rings. The van der Waals surface area contributed by atoms with Crippen molar-refractivity contribution >= 4 is 5.82 Å². The summed E-state index contributed by atoms with van der Waals surface area (Å²) in [6.45, 7) is 2.87. The van der Waals surface area contributed by atoms with Gasteiger partial charge in [0.05, 0.1) is 6.61 Å². The number of halogens is 1. The van der Waals surface area contributed by atoms with Crippen molar-refractivity contribution in [2.45, 2.75) is 25.4 Å². The highest BCUT2D eigenvalue weighted by atomic mass is 19.1. The minimum Gasteiger partial charge on any atom is -0.393 e. The Kier molecular flexibility index (Phi) is 3.10. The molecule has 0 aliphatic carbocycles. The standard InChI is InChI=1S/C12H17FN2O/c1-10-3-2-6-14-11(10)15-7-4-12(13,9-16)5-8-15/h2-3,6,16H,4-5,7-9H2,1H3. The summed E-state index contributed by atoms with van der Waals surface area (Å²) in [6, 6.07) is 3.90. The molecule has 1 aromatic rings. The van der Waals surface area contributed by atoms with Crippen LogP contribution in [0.5, 0.6) is 0 Å². The number of aliphatic hydroxyl groups is 1. The lowest BCUT2D eigenvalue weighted by molar-refractivity contribution is 0.0480. The molecule has 2 heterocycles. The first-order valence-electron chi connectivity index (χ1n) is 5.61. The van der Waals surface area contributed by atoms with Crippen LogP contribution in [0.1, 0.15) is 18.4 Å². The van der Waals surface area contributed by atoms with Crippen LogP contribution in [0.3, 0.4) is 0 Å². The second-order valence-corrected chi connectivity index (χ2v) is 4.44. The number of aromatic nitrogens is 1. The molecule has 2 rings (SSSR count). The monoisotopic (exact) mass is 224 g/mol. The van der Waals surface area contributed by atoms with Gasteiger partial charge in [0.25, 0.3) is 0 Å². The topological polar surface area (TPSA) is 36.4 Å². The molecule has 4 heteroatoms. The predicted octanol–water partition coefficient (Wildman–Crippen LogP) is 1.69. The summed E-state index contributed by atoms with van der Waals surface area (Å²) in [5.74, 6) is 0.933. The molecule has 1 N–H and O–H groups in total. The molecule has 1 aliphatic rings. The van der Waals surface area contributed by atoms with Gasteiger partial charge in [0.15, 0.2) is 0 Å². The van der Waals surface area contributed by atoms with Crippen LogP contribution < -0.4 is 4.90 Å². The lowest BCUT2D eigenvalue weighted by atomic mass is 9.94. The van der Waals surface area contributed by atoms with E-state index >= 15 is 0 Å². The first-order chi connectivity index (χ1) is 7.64. The van der Waals surface area contributed by atoms with E-state index in [0.717, 1.165) is 11.4 Å². The molecule has 0 amide bonds. The number of alkyl halides is 1. The van der Waals surface area contributed by atoms with Gasteiger partial charge < -0.3 is 10.0 Å². The third-order valence-corrected chi connectivity index (χ3v) is 3.22. The Hall–Kier alpha value is -1.16. The molecule has 1 aromatic heterocycles. The highest BCUT2D eigenvalue weighted by Crippen LogP contribution is 2.29. The fraction of sp³-hybridized carbons (Fsp3) is 0.583. The summed E-state index contributed by atoms with van der Waals surface area (Å²) < 4.78 is 13.8. The number of aliphatic hydroxyl groups excluding tert-OH is 1. The molecule has 16 heavy (non-hydrogen) atoms. The summed E-state index contributed by atoms with van der Waals surface area (Å²) in [6.07, 6.45) is 2.50. The predicted molar refractivity (Wildman–Crippen MR) is 61.3 cm³/mol. The van der Waals surface area contributed by atoms with E-state index in [1.165, 1.54) is 0 Å². The van der Waals surface area contributed by atoms with Gasteiger partial charge in [0.1, 0.15) is 11.5 Å². The van der Waals surface area contributed by atoms with Gasteiger partial charge in [0, 0.05) is 32.1 Å². The third kappa shape index (κ3) is 2.16. The van der Waals surface area contributed by atoms with Crippen LogP contribution in [-0.4, -0.2) is 35.5 Å². The number of nitrogens with zero attached hydrogens (tertiary/aromatic N) is 2. The van der Waals surface area contributed by atoms with Crippen molar-refractivity contribution in [2.24, 2.45) is 0 Å². The Morgan fingerprint density at radius 1 is 1.50 bits per heavy atom. The molecule has 0 bridgehead atoms. The number of piperidine rings is 1. The molecule has 0 aromatic carbocycles. The van der Waals surface area contributed by atoms with E-state index in [2.05, 4.69) is 9.88 Å². The number of anilines is 1. The molecule has 0 unspecified atom stereocenters. The zero-order valence-electron chi connectivity index (χ0n) is 9.49. The Labute approximate surface area is 94.9 Å². The molecule has 3 nitrogen and oxygen atoms in total.